The lowest BCUT2D eigenvalue weighted by Gasteiger charge is -2.31. The van der Waals surface area contributed by atoms with Crippen molar-refractivity contribution in [3.05, 3.63) is 90.3 Å². The van der Waals surface area contributed by atoms with Gasteiger partial charge in [0.25, 0.3) is 5.91 Å². The summed E-state index contributed by atoms with van der Waals surface area (Å²) in [6.07, 6.45) is 2.41. The molecule has 1 aliphatic heterocycles. The number of benzene rings is 3. The molecule has 2 atom stereocenters. The third kappa shape index (κ3) is 5.69. The van der Waals surface area contributed by atoms with E-state index in [0.29, 0.717) is 37.5 Å². The molecule has 0 radical (unpaired) electrons. The number of hydrogen-bond acceptors (Lipinski definition) is 6. The molecule has 1 aliphatic rings. The molecule has 10 nitrogen and oxygen atoms in total. The van der Waals surface area contributed by atoms with Gasteiger partial charge >= 0.3 is 0 Å². The van der Waals surface area contributed by atoms with Gasteiger partial charge in [0.05, 0.1) is 22.7 Å². The fourth-order valence-electron chi connectivity index (χ4n) is 5.47. The van der Waals surface area contributed by atoms with E-state index in [9.17, 15) is 9.59 Å². The molecule has 2 amide bonds. The van der Waals surface area contributed by atoms with Crippen LogP contribution in [-0.2, 0) is 34.3 Å². The minimum atomic E-state index is -0.959. The number of aryl methyl sites for hydroxylation is 1. The summed E-state index contributed by atoms with van der Waals surface area (Å²) in [5, 5.41) is 11.5. The molecule has 0 spiro atoms. The molecule has 10 heteroatoms. The van der Waals surface area contributed by atoms with Crippen molar-refractivity contribution in [2.24, 2.45) is 7.05 Å². The third-order valence-corrected chi connectivity index (χ3v) is 7.66. The highest BCUT2D eigenvalue weighted by Gasteiger charge is 2.36. The Bertz CT molecular complexity index is 1660. The maximum Gasteiger partial charge on any atom is 0.250 e. The fourth-order valence-corrected chi connectivity index (χ4v) is 5.47. The highest BCUT2D eigenvalue weighted by molar-refractivity contribution is 5.90. The molecule has 5 aromatic rings. The molecule has 2 aromatic heterocycles. The number of fused-ring (bicyclic) bond motifs is 2. The van der Waals surface area contributed by atoms with Crippen molar-refractivity contribution in [1.29, 1.82) is 0 Å². The summed E-state index contributed by atoms with van der Waals surface area (Å²) in [6, 6.07) is 24.2. The average Bonchev–Trinajstić information content (AvgIpc) is 3.75. The zero-order valence-electron chi connectivity index (χ0n) is 23.0. The Labute approximate surface area is 237 Å². The standard InChI is InChI=1S/C31H33N7O3/c1-36-26-15-7-5-13-24(26)33-30(36)29(31(40)32-20-23-12-9-19-41-23)37(18-17-22-10-3-2-4-11-22)28(39)21-38-27-16-8-6-14-25(27)34-35-38/h2-8,10-11,13-16,23,29H,9,12,17-21H2,1H3,(H,32,40)/t23-,29+/m1/s1. The highest BCUT2D eigenvalue weighted by Crippen LogP contribution is 2.26. The van der Waals surface area contributed by atoms with E-state index in [0.717, 1.165) is 35.0 Å². The predicted octanol–water partition coefficient (Wildman–Crippen LogP) is 3.43. The van der Waals surface area contributed by atoms with Crippen molar-refractivity contribution in [3.63, 3.8) is 0 Å². The van der Waals surface area contributed by atoms with Gasteiger partial charge < -0.3 is 19.5 Å². The van der Waals surface area contributed by atoms with Crippen LogP contribution < -0.4 is 5.32 Å². The normalized spacial score (nSPS) is 15.8. The summed E-state index contributed by atoms with van der Waals surface area (Å²) in [4.78, 5) is 34.7. The Morgan fingerprint density at radius 3 is 2.49 bits per heavy atom. The Hall–Kier alpha value is -4.57. The molecule has 0 aliphatic carbocycles. The van der Waals surface area contributed by atoms with Crippen LogP contribution in [0.25, 0.3) is 22.1 Å². The molecular weight excluding hydrogens is 518 g/mol. The van der Waals surface area contributed by atoms with E-state index < -0.39 is 6.04 Å². The van der Waals surface area contributed by atoms with Crippen LogP contribution >= 0.6 is 0 Å². The van der Waals surface area contributed by atoms with Gasteiger partial charge in [-0.2, -0.15) is 0 Å². The summed E-state index contributed by atoms with van der Waals surface area (Å²) in [7, 11) is 1.88. The number of carbonyl (C=O) groups is 2. The van der Waals surface area contributed by atoms with Crippen LogP contribution in [0.4, 0.5) is 0 Å². The third-order valence-electron chi connectivity index (χ3n) is 7.66. The Morgan fingerprint density at radius 2 is 1.73 bits per heavy atom. The topological polar surface area (TPSA) is 107 Å². The molecule has 1 fully saturated rings. The highest BCUT2D eigenvalue weighted by atomic mass is 16.5. The maximum atomic E-state index is 14.2. The summed E-state index contributed by atoms with van der Waals surface area (Å²) in [5.74, 6) is -0.0365. The van der Waals surface area contributed by atoms with Crippen LogP contribution in [0.5, 0.6) is 0 Å². The van der Waals surface area contributed by atoms with E-state index in [4.69, 9.17) is 9.72 Å². The lowest BCUT2D eigenvalue weighted by atomic mass is 10.1. The molecule has 6 rings (SSSR count). The van der Waals surface area contributed by atoms with Gasteiger partial charge in [-0.3, -0.25) is 9.59 Å². The second-order valence-electron chi connectivity index (χ2n) is 10.4. The van der Waals surface area contributed by atoms with Crippen molar-refractivity contribution in [2.45, 2.75) is 38.0 Å². The molecule has 210 valence electrons. The first-order valence-corrected chi connectivity index (χ1v) is 14.0. The maximum absolute atomic E-state index is 14.2. The number of hydrogen-bond donors (Lipinski definition) is 1. The minimum absolute atomic E-state index is 0.0324. The SMILES string of the molecule is Cn1c([C@@H](C(=O)NC[C@H]2CCCO2)N(CCc2ccccc2)C(=O)Cn2nnc3ccccc32)nc2ccccc21. The number of imidazole rings is 1. The molecule has 41 heavy (non-hydrogen) atoms. The van der Waals surface area contributed by atoms with Crippen LogP contribution in [0.3, 0.4) is 0 Å². The number of para-hydroxylation sites is 3. The number of ether oxygens (including phenoxy) is 1. The fraction of sp³-hybridized carbons (Fsp3) is 0.323. The van der Waals surface area contributed by atoms with Gasteiger partial charge in [-0.15, -0.1) is 5.10 Å². The molecule has 0 unspecified atom stereocenters. The Balaban J connectivity index is 1.38. The van der Waals surface area contributed by atoms with Crippen LogP contribution in [-0.4, -0.2) is 67.1 Å². The average molecular weight is 552 g/mol. The largest absolute Gasteiger partial charge is 0.376 e. The summed E-state index contributed by atoms with van der Waals surface area (Å²) in [5.41, 5.74) is 4.18. The molecule has 0 bridgehead atoms. The smallest absolute Gasteiger partial charge is 0.250 e. The van der Waals surface area contributed by atoms with Crippen molar-refractivity contribution in [2.75, 3.05) is 19.7 Å². The number of aromatic nitrogens is 5. The quantitative estimate of drug-likeness (QED) is 0.285. The molecule has 0 saturated carbocycles. The van der Waals surface area contributed by atoms with Gasteiger partial charge in [-0.1, -0.05) is 59.8 Å². The second kappa shape index (κ2) is 11.9. The first-order chi connectivity index (χ1) is 20.1. The lowest BCUT2D eigenvalue weighted by Crippen LogP contribution is -2.48. The van der Waals surface area contributed by atoms with Gasteiger partial charge in [0.2, 0.25) is 5.91 Å². The van der Waals surface area contributed by atoms with Gasteiger partial charge in [0, 0.05) is 26.7 Å². The van der Waals surface area contributed by atoms with Gasteiger partial charge in [-0.05, 0) is 49.1 Å². The lowest BCUT2D eigenvalue weighted by molar-refractivity contribution is -0.142. The zero-order chi connectivity index (χ0) is 28.2. The second-order valence-corrected chi connectivity index (χ2v) is 10.4. The van der Waals surface area contributed by atoms with Crippen LogP contribution in [0.2, 0.25) is 0 Å². The van der Waals surface area contributed by atoms with E-state index in [2.05, 4.69) is 15.6 Å². The van der Waals surface area contributed by atoms with Gasteiger partial charge in [0.1, 0.15) is 17.9 Å². The molecule has 3 heterocycles. The van der Waals surface area contributed by atoms with Gasteiger partial charge in [-0.25, -0.2) is 9.67 Å². The monoisotopic (exact) mass is 551 g/mol. The number of amides is 2. The number of rotatable bonds is 10. The van der Waals surface area contributed by atoms with Crippen LogP contribution in [0.1, 0.15) is 30.3 Å². The zero-order valence-corrected chi connectivity index (χ0v) is 23.0. The summed E-state index contributed by atoms with van der Waals surface area (Å²) < 4.78 is 9.24. The van der Waals surface area contributed by atoms with E-state index >= 15 is 0 Å². The van der Waals surface area contributed by atoms with Crippen molar-refractivity contribution >= 4 is 33.9 Å². The summed E-state index contributed by atoms with van der Waals surface area (Å²) >= 11 is 0. The first kappa shape index (κ1) is 26.6. The van der Waals surface area contributed by atoms with E-state index in [1.807, 2.05) is 90.5 Å². The number of carbonyl (C=O) groups excluding carboxylic acids is 2. The molecule has 1 N–H and O–H groups in total. The number of nitrogens with one attached hydrogen (secondary N) is 1. The molecule has 1 saturated heterocycles. The predicted molar refractivity (Wildman–Crippen MR) is 155 cm³/mol. The van der Waals surface area contributed by atoms with E-state index in [1.54, 1.807) is 9.58 Å². The van der Waals surface area contributed by atoms with Crippen molar-refractivity contribution in [1.82, 2.24) is 34.8 Å². The molecular formula is C31H33N7O3. The summed E-state index contributed by atoms with van der Waals surface area (Å²) in [6.45, 7) is 1.33. The minimum Gasteiger partial charge on any atom is -0.376 e. The van der Waals surface area contributed by atoms with Gasteiger partial charge in [0.15, 0.2) is 6.04 Å². The number of nitrogens with zero attached hydrogens (tertiary/aromatic N) is 6. The van der Waals surface area contributed by atoms with Crippen molar-refractivity contribution < 1.29 is 14.3 Å². The molecule has 3 aromatic carbocycles. The Kier molecular flexibility index (Phi) is 7.73. The van der Waals surface area contributed by atoms with Crippen LogP contribution in [0.15, 0.2) is 78.9 Å². The van der Waals surface area contributed by atoms with E-state index in [1.165, 1.54) is 0 Å². The van der Waals surface area contributed by atoms with Crippen LogP contribution in [0, 0.1) is 0 Å². The Morgan fingerprint density at radius 1 is 1.00 bits per heavy atom. The van der Waals surface area contributed by atoms with Crippen molar-refractivity contribution in [3.8, 4) is 0 Å². The van der Waals surface area contributed by atoms with E-state index in [-0.39, 0.29) is 24.5 Å². The first-order valence-electron chi connectivity index (χ1n) is 14.0.